The zero-order valence-corrected chi connectivity index (χ0v) is 47.8. The first-order valence-electron chi connectivity index (χ1n) is 26.0. The lowest BCUT2D eigenvalue weighted by molar-refractivity contribution is -0.160. The lowest BCUT2D eigenvalue weighted by atomic mass is 9.85. The lowest BCUT2D eigenvalue weighted by Gasteiger charge is -2.36. The Balaban J connectivity index is 0.910. The van der Waals surface area contributed by atoms with Crippen molar-refractivity contribution in [1.82, 2.24) is 30.3 Å². The van der Waals surface area contributed by atoms with Gasteiger partial charge in [0.05, 0.1) is 26.0 Å². The third-order valence-electron chi connectivity index (χ3n) is 14.1. The molecular weight excluding hydrogens is 1100 g/mol. The van der Waals surface area contributed by atoms with E-state index in [1.807, 2.05) is 12.1 Å². The SMILES string of the molecule is CN(CCCC#Cc1cccc2c1CN(C1CCC(=O)NC1=O)C2=O)C(=O)CCN(C(=O)[C@@H]1CCCN1C(=O)[C@@H](NC(=O)c1cc2cc(C(F)(F)P(=O)(O)OCOC(=O)C(C)(C)C)ccc2s1)C(C)(C)C)c1ccc2scnc2c1. The number of ether oxygens (including phenoxy) is 1. The lowest BCUT2D eigenvalue weighted by Crippen LogP contribution is -2.58. The topological polar surface area (TPSA) is 242 Å². The van der Waals surface area contributed by atoms with Crippen molar-refractivity contribution >= 4 is 104 Å². The van der Waals surface area contributed by atoms with Crippen LogP contribution in [-0.4, -0.2) is 123 Å². The van der Waals surface area contributed by atoms with Crippen LogP contribution in [0.4, 0.5) is 14.5 Å². The van der Waals surface area contributed by atoms with E-state index < -0.39 is 84.2 Å². The smallest absolute Gasteiger partial charge is 0.404 e. The Hall–Kier alpha value is -6.96. The maximum Gasteiger partial charge on any atom is 0.404 e. The van der Waals surface area contributed by atoms with E-state index in [4.69, 9.17) is 4.74 Å². The fraction of sp³-hybridized carbons (Fsp3) is 0.446. The number of nitrogens with one attached hydrogen (secondary N) is 2. The van der Waals surface area contributed by atoms with Gasteiger partial charge >= 0.3 is 19.2 Å². The van der Waals surface area contributed by atoms with Gasteiger partial charge in [0.1, 0.15) is 18.1 Å². The molecule has 2 fully saturated rings. The number of carbonyl (C=O) groups excluding carboxylic acids is 8. The van der Waals surface area contributed by atoms with Crippen molar-refractivity contribution in [3.05, 3.63) is 93.3 Å². The Bertz CT molecular complexity index is 3410. The molecule has 2 saturated heterocycles. The number of piperidine rings is 1. The minimum absolute atomic E-state index is 0.0293. The average Bonchev–Trinajstić information content (AvgIpc) is 4.24. The number of fused-ring (bicyclic) bond motifs is 3. The Morgan fingerprint density at radius 3 is 2.46 bits per heavy atom. The average molecular weight is 1160 g/mol. The van der Waals surface area contributed by atoms with Gasteiger partial charge in [-0.3, -0.25) is 52.8 Å². The summed E-state index contributed by atoms with van der Waals surface area (Å²) in [5.41, 5.74) is -2.60. The monoisotopic (exact) mass is 1160 g/mol. The van der Waals surface area contributed by atoms with Gasteiger partial charge in [-0.25, -0.2) is 4.98 Å². The summed E-state index contributed by atoms with van der Waals surface area (Å²) in [4.78, 5) is 128. The first-order valence-corrected chi connectivity index (χ1v) is 29.3. The second kappa shape index (κ2) is 23.6. The molecule has 24 heteroatoms. The number of hydrogen-bond donors (Lipinski definition) is 3. The molecule has 7 amide bonds. The molecule has 0 bridgehead atoms. The molecule has 0 radical (unpaired) electrons. The van der Waals surface area contributed by atoms with Gasteiger partial charge < -0.3 is 34.5 Å². The van der Waals surface area contributed by atoms with Crippen LogP contribution in [0.15, 0.2) is 66.2 Å². The highest BCUT2D eigenvalue weighted by Crippen LogP contribution is 2.63. The Morgan fingerprint density at radius 2 is 1.74 bits per heavy atom. The highest BCUT2D eigenvalue weighted by atomic mass is 32.1. The molecule has 19 nitrogen and oxygen atoms in total. The first kappa shape index (κ1) is 59.2. The number of likely N-dealkylation sites (tertiary alicyclic amines) is 1. The molecule has 3 aliphatic heterocycles. The molecule has 0 aliphatic carbocycles. The molecule has 3 aliphatic rings. The van der Waals surface area contributed by atoms with Gasteiger partial charge in [0.2, 0.25) is 36.3 Å². The molecule has 3 aromatic carbocycles. The number of rotatable bonds is 17. The number of amides is 7. The number of hydrogen-bond acceptors (Lipinski definition) is 14. The number of halogens is 2. The summed E-state index contributed by atoms with van der Waals surface area (Å²) in [6.07, 6.45) is 2.05. The predicted molar refractivity (Wildman–Crippen MR) is 295 cm³/mol. The molecule has 3 N–H and O–H groups in total. The number of alkyl halides is 2. The number of nitrogens with zero attached hydrogens (tertiary/aromatic N) is 5. The van der Waals surface area contributed by atoms with Crippen molar-refractivity contribution < 1.29 is 65.9 Å². The Kier molecular flexibility index (Phi) is 17.5. The summed E-state index contributed by atoms with van der Waals surface area (Å²) in [5, 5.41) is 5.28. The van der Waals surface area contributed by atoms with Gasteiger partial charge in [0.15, 0.2) is 0 Å². The van der Waals surface area contributed by atoms with E-state index in [2.05, 4.69) is 32.0 Å². The molecular formula is C56H62F2N7O12PS2. The summed E-state index contributed by atoms with van der Waals surface area (Å²) in [6.45, 7) is 9.31. The van der Waals surface area contributed by atoms with E-state index in [1.165, 1.54) is 58.9 Å². The van der Waals surface area contributed by atoms with Crippen molar-refractivity contribution in [2.45, 2.75) is 117 Å². The van der Waals surface area contributed by atoms with Crippen LogP contribution < -0.4 is 15.5 Å². The number of esters is 1. The largest absolute Gasteiger partial charge is 0.438 e. The van der Waals surface area contributed by atoms with Crippen LogP contribution in [0.3, 0.4) is 0 Å². The molecule has 5 heterocycles. The highest BCUT2D eigenvalue weighted by molar-refractivity contribution is 7.53. The molecule has 80 heavy (non-hydrogen) atoms. The highest BCUT2D eigenvalue weighted by Gasteiger charge is 2.53. The fourth-order valence-corrected chi connectivity index (χ4v) is 12.0. The van der Waals surface area contributed by atoms with Crippen molar-refractivity contribution in [3.63, 3.8) is 0 Å². The minimum atomic E-state index is -5.75. The molecule has 5 aromatic rings. The van der Waals surface area contributed by atoms with Crippen LogP contribution in [0.25, 0.3) is 20.3 Å². The molecule has 0 saturated carbocycles. The molecule has 0 spiro atoms. The van der Waals surface area contributed by atoms with E-state index in [9.17, 15) is 47.8 Å². The van der Waals surface area contributed by atoms with Gasteiger partial charge in [-0.1, -0.05) is 44.7 Å². The maximum atomic E-state index is 15.5. The summed E-state index contributed by atoms with van der Waals surface area (Å²) < 4.78 is 54.4. The van der Waals surface area contributed by atoms with Crippen molar-refractivity contribution in [2.75, 3.05) is 38.4 Å². The Morgan fingerprint density at radius 1 is 0.988 bits per heavy atom. The number of carbonyl (C=O) groups is 8. The van der Waals surface area contributed by atoms with Gasteiger partial charge in [-0.2, -0.15) is 8.78 Å². The number of benzene rings is 3. The predicted octanol–water partition coefficient (Wildman–Crippen LogP) is 7.92. The van der Waals surface area contributed by atoms with Crippen LogP contribution in [0.1, 0.15) is 123 Å². The van der Waals surface area contributed by atoms with Gasteiger partial charge in [0, 0.05) is 79.6 Å². The number of aromatic nitrogens is 1. The fourth-order valence-electron chi connectivity index (χ4n) is 9.61. The van der Waals surface area contributed by atoms with Crippen molar-refractivity contribution in [2.24, 2.45) is 10.8 Å². The van der Waals surface area contributed by atoms with Crippen molar-refractivity contribution in [3.8, 4) is 11.8 Å². The number of imide groups is 1. The molecule has 2 unspecified atom stereocenters. The molecule has 8 rings (SSSR count). The normalized spacial score (nSPS) is 17.8. The second-order valence-electron chi connectivity index (χ2n) is 22.0. The minimum Gasteiger partial charge on any atom is -0.438 e. The van der Waals surface area contributed by atoms with Gasteiger partial charge in [0.25, 0.3) is 11.8 Å². The van der Waals surface area contributed by atoms with E-state index in [-0.39, 0.29) is 66.9 Å². The first-order chi connectivity index (χ1) is 37.7. The number of unbranched alkanes of at least 4 members (excludes halogenated alkanes) is 1. The Labute approximate surface area is 468 Å². The van der Waals surface area contributed by atoms with Crippen LogP contribution in [0, 0.1) is 22.7 Å². The van der Waals surface area contributed by atoms with E-state index >= 15 is 8.78 Å². The zero-order valence-electron chi connectivity index (χ0n) is 45.3. The second-order valence-corrected chi connectivity index (χ2v) is 25.8. The van der Waals surface area contributed by atoms with E-state index in [1.54, 1.807) is 62.5 Å². The van der Waals surface area contributed by atoms with Crippen LogP contribution in [-0.2, 0) is 54.8 Å². The van der Waals surface area contributed by atoms with Crippen LogP contribution in [0.2, 0.25) is 0 Å². The van der Waals surface area contributed by atoms with Gasteiger partial charge in [-0.15, -0.1) is 22.7 Å². The van der Waals surface area contributed by atoms with Crippen LogP contribution in [0.5, 0.6) is 0 Å². The molecule has 424 valence electrons. The number of thiophene rings is 1. The van der Waals surface area contributed by atoms with Gasteiger partial charge in [-0.05, 0) is 111 Å². The van der Waals surface area contributed by atoms with E-state index in [0.29, 0.717) is 64.8 Å². The quantitative estimate of drug-likeness (QED) is 0.0200. The summed E-state index contributed by atoms with van der Waals surface area (Å²) >= 11 is 2.38. The summed E-state index contributed by atoms with van der Waals surface area (Å²) in [5.74, 6) is 2.44. The number of anilines is 1. The third kappa shape index (κ3) is 12.8. The van der Waals surface area contributed by atoms with Crippen molar-refractivity contribution in [1.29, 1.82) is 0 Å². The summed E-state index contributed by atoms with van der Waals surface area (Å²) in [7, 11) is -4.09. The number of thiazole rings is 1. The maximum absolute atomic E-state index is 15.5. The van der Waals surface area contributed by atoms with E-state index in [0.717, 1.165) is 28.2 Å². The third-order valence-corrected chi connectivity index (χ3v) is 17.5. The standard InChI is InChI=1S/C56H62F2N7O12PS2/c1-54(2,3)47(61-49(69)44-28-34-27-35(17-20-42(34)80-44)56(57,58)78(74,75)77-32-76-53(73)55(4,5)6)52(72)64-25-12-16-41(64)51(71)63(36-18-21-43-39(29-36)59-31-79-43)26-23-46(67)62(7)24-10-8-9-13-33-14-11-15-37-38(33)30-65(50(37)70)40-19-22-45(66)60-48(40)68/h11,14-15,17-18,20-21,27-29,31,40-41,47H,8,10,12,16,19,22-26,30,32H2,1-7H3,(H,61,69)(H,74,75)(H,60,66,68)/t40?,41-,47+/m0/s1. The summed E-state index contributed by atoms with van der Waals surface area (Å²) in [6, 6.07) is 12.2. The zero-order chi connectivity index (χ0) is 58.1. The molecule has 4 atom stereocenters. The van der Waals surface area contributed by atoms with Crippen LogP contribution >= 0.6 is 30.3 Å². The molecule has 2 aromatic heterocycles.